The summed E-state index contributed by atoms with van der Waals surface area (Å²) in [5, 5.41) is 29.8. The van der Waals surface area contributed by atoms with Crippen LogP contribution in [0.4, 0.5) is 0 Å². The normalized spacial score (nSPS) is 18.8. The van der Waals surface area contributed by atoms with Crippen molar-refractivity contribution in [2.24, 2.45) is 33.8 Å². The van der Waals surface area contributed by atoms with Crippen LogP contribution in [0.1, 0.15) is 77.7 Å². The summed E-state index contributed by atoms with van der Waals surface area (Å²) in [5.41, 5.74) is 22.6. The smallest absolute Gasteiger partial charge is 0.326 e. The molecule has 2 fully saturated rings. The summed E-state index contributed by atoms with van der Waals surface area (Å²) in [7, 11) is 0. The Balaban J connectivity index is 1.78. The highest BCUT2D eigenvalue weighted by Gasteiger charge is 2.41. The number of aliphatic imine (C=N–C) groups is 1. The zero-order chi connectivity index (χ0) is 44.0. The van der Waals surface area contributed by atoms with E-state index >= 15 is 0 Å². The van der Waals surface area contributed by atoms with Gasteiger partial charge in [0.25, 0.3) is 0 Å². The topological polar surface area (TPSA) is 348 Å². The summed E-state index contributed by atoms with van der Waals surface area (Å²) in [4.78, 5) is 112. The molecule has 326 valence electrons. The Morgan fingerprint density at radius 1 is 0.763 bits per heavy atom. The van der Waals surface area contributed by atoms with Crippen molar-refractivity contribution in [1.82, 2.24) is 31.1 Å². The number of carboxylic acid groups (broad SMARTS) is 1. The third-order valence-electron chi connectivity index (χ3n) is 10.3. The number of phenolic OH excluding ortho intramolecular Hbond substituents is 1. The minimum absolute atomic E-state index is 0.0300. The SMILES string of the molecule is CC(C)[C@H](N)C(=O)N1CCC[C@H]1C(=O)N[C@@H](C)C(=O)N[C@@H](Cc1ccc(O)cc1)C(=O)N1CCC[C@H]1C(=O)N[C@@H](CCC(N)=O)C(=O)N[C@@H](CCCN=C(N)N)C(=O)O. The first kappa shape index (κ1) is 47.4. The van der Waals surface area contributed by atoms with Crippen molar-refractivity contribution >= 4 is 53.3 Å². The largest absolute Gasteiger partial charge is 0.508 e. The Labute approximate surface area is 342 Å². The molecule has 2 aliphatic heterocycles. The molecule has 0 aliphatic carbocycles. The first-order valence-corrected chi connectivity index (χ1v) is 19.7. The summed E-state index contributed by atoms with van der Waals surface area (Å²) >= 11 is 0. The van der Waals surface area contributed by atoms with Gasteiger partial charge in [-0.25, -0.2) is 4.79 Å². The van der Waals surface area contributed by atoms with Gasteiger partial charge in [0.1, 0.15) is 42.0 Å². The molecule has 0 aromatic heterocycles. The zero-order valence-corrected chi connectivity index (χ0v) is 33.7. The number of nitrogens with two attached hydrogens (primary N) is 4. The third-order valence-corrected chi connectivity index (χ3v) is 10.3. The van der Waals surface area contributed by atoms with Gasteiger partial charge in [-0.15, -0.1) is 0 Å². The molecule has 7 amide bonds. The van der Waals surface area contributed by atoms with E-state index in [9.17, 15) is 48.6 Å². The molecule has 1 aromatic rings. The molecule has 59 heavy (non-hydrogen) atoms. The van der Waals surface area contributed by atoms with Crippen molar-refractivity contribution in [1.29, 1.82) is 0 Å². The summed E-state index contributed by atoms with van der Waals surface area (Å²) in [6.45, 7) is 5.58. The number of carbonyl (C=O) groups is 8. The standard InChI is InChI=1S/C38H59N11O10/c1-20(2)30(40)36(57)49-18-6-8-27(49)33(54)44-21(3)31(52)47-26(19-22-10-12-23(50)13-11-22)35(56)48-17-5-9-28(48)34(55)45-24(14-15-29(39)51)32(53)46-25(37(58)59)7-4-16-43-38(41)42/h10-13,20-21,24-28,30,50H,4-9,14-19,40H2,1-3H3,(H2,39,51)(H,44,54)(H,45,55)(H,46,53)(H,47,52)(H,58,59)(H4,41,42,43)/t21-,24-,25-,26-,27-,28-,30-/m0/s1. The number of nitrogens with zero attached hydrogens (tertiary/aromatic N) is 3. The van der Waals surface area contributed by atoms with Crippen molar-refractivity contribution in [2.45, 2.75) is 121 Å². The number of likely N-dealkylation sites (tertiary alicyclic amines) is 2. The molecule has 2 heterocycles. The van der Waals surface area contributed by atoms with Crippen LogP contribution in [0.5, 0.6) is 5.75 Å². The second kappa shape index (κ2) is 22.2. The average Bonchev–Trinajstić information content (AvgIpc) is 3.88. The number of hydrogen-bond donors (Lipinski definition) is 10. The van der Waals surface area contributed by atoms with Gasteiger partial charge in [0.05, 0.1) is 6.04 Å². The Hall–Kier alpha value is -5.99. The van der Waals surface area contributed by atoms with E-state index in [0.29, 0.717) is 31.4 Å². The number of carbonyl (C=O) groups excluding carboxylic acids is 7. The zero-order valence-electron chi connectivity index (χ0n) is 33.7. The average molecular weight is 830 g/mol. The van der Waals surface area contributed by atoms with Crippen LogP contribution in [0.15, 0.2) is 29.3 Å². The number of phenols is 1. The van der Waals surface area contributed by atoms with Crippen LogP contribution in [0.3, 0.4) is 0 Å². The number of hydrogen-bond acceptors (Lipinski definition) is 11. The molecule has 2 aliphatic rings. The lowest BCUT2D eigenvalue weighted by molar-refractivity contribution is -0.144. The fourth-order valence-corrected chi connectivity index (χ4v) is 6.88. The molecule has 0 unspecified atom stereocenters. The highest BCUT2D eigenvalue weighted by Crippen LogP contribution is 2.22. The van der Waals surface area contributed by atoms with Gasteiger partial charge in [-0.1, -0.05) is 26.0 Å². The molecular weight excluding hydrogens is 770 g/mol. The van der Waals surface area contributed by atoms with Crippen molar-refractivity contribution in [2.75, 3.05) is 19.6 Å². The molecule has 0 radical (unpaired) electrons. The van der Waals surface area contributed by atoms with Gasteiger partial charge in [-0.3, -0.25) is 38.6 Å². The van der Waals surface area contributed by atoms with Crippen LogP contribution in [-0.2, 0) is 44.8 Å². The van der Waals surface area contributed by atoms with Gasteiger partial charge in [-0.2, -0.15) is 0 Å². The second-order valence-corrected chi connectivity index (χ2v) is 15.2. The number of amides is 7. The van der Waals surface area contributed by atoms with E-state index in [4.69, 9.17) is 22.9 Å². The maximum atomic E-state index is 14.3. The van der Waals surface area contributed by atoms with Gasteiger partial charge in [0.15, 0.2) is 5.96 Å². The second-order valence-electron chi connectivity index (χ2n) is 15.2. The van der Waals surface area contributed by atoms with Gasteiger partial charge in [0, 0.05) is 32.5 Å². The summed E-state index contributed by atoms with van der Waals surface area (Å²) in [5.74, 6) is -6.44. The molecule has 1 aromatic carbocycles. The monoisotopic (exact) mass is 829 g/mol. The number of guanidine groups is 1. The molecule has 7 atom stereocenters. The van der Waals surface area contributed by atoms with Crippen molar-refractivity contribution in [3.8, 4) is 5.75 Å². The first-order valence-electron chi connectivity index (χ1n) is 19.7. The number of rotatable bonds is 21. The van der Waals surface area contributed by atoms with Crippen molar-refractivity contribution < 1.29 is 48.6 Å². The molecule has 0 bridgehead atoms. The number of nitrogens with one attached hydrogen (secondary N) is 4. The summed E-state index contributed by atoms with van der Waals surface area (Å²) < 4.78 is 0. The number of carboxylic acids is 1. The Morgan fingerprint density at radius 2 is 1.32 bits per heavy atom. The van der Waals surface area contributed by atoms with Crippen LogP contribution in [0.2, 0.25) is 0 Å². The minimum Gasteiger partial charge on any atom is -0.508 e. The highest BCUT2D eigenvalue weighted by molar-refractivity contribution is 5.97. The predicted molar refractivity (Wildman–Crippen MR) is 213 cm³/mol. The van der Waals surface area contributed by atoms with Crippen LogP contribution >= 0.6 is 0 Å². The molecule has 14 N–H and O–H groups in total. The number of benzene rings is 1. The molecule has 0 saturated carbocycles. The molecule has 3 rings (SSSR count). The van der Waals surface area contributed by atoms with Crippen LogP contribution in [0.25, 0.3) is 0 Å². The number of primary amides is 1. The quantitative estimate of drug-likeness (QED) is 0.0342. The number of aromatic hydroxyl groups is 1. The van der Waals surface area contributed by atoms with E-state index in [1.807, 2.05) is 0 Å². The molecule has 21 nitrogen and oxygen atoms in total. The summed E-state index contributed by atoms with van der Waals surface area (Å²) in [6, 6.07) is -2.04. The number of aliphatic carboxylic acids is 1. The first-order chi connectivity index (χ1) is 27.8. The van der Waals surface area contributed by atoms with E-state index in [1.54, 1.807) is 26.0 Å². The van der Waals surface area contributed by atoms with Crippen LogP contribution in [-0.4, -0.2) is 135 Å². The van der Waals surface area contributed by atoms with E-state index in [2.05, 4.69) is 26.3 Å². The van der Waals surface area contributed by atoms with Gasteiger partial charge in [-0.05, 0) is 75.5 Å². The van der Waals surface area contributed by atoms with Crippen molar-refractivity contribution in [3.05, 3.63) is 29.8 Å². The van der Waals surface area contributed by atoms with E-state index < -0.39 is 83.7 Å². The maximum absolute atomic E-state index is 14.3. The third kappa shape index (κ3) is 14.1. The molecule has 2 saturated heterocycles. The van der Waals surface area contributed by atoms with Gasteiger partial charge >= 0.3 is 5.97 Å². The fourth-order valence-electron chi connectivity index (χ4n) is 6.88. The van der Waals surface area contributed by atoms with E-state index in [-0.39, 0.29) is 75.1 Å². The van der Waals surface area contributed by atoms with Gasteiger partial charge in [0.2, 0.25) is 41.4 Å². The Bertz CT molecular complexity index is 1720. The molecular formula is C38H59N11O10. The minimum atomic E-state index is -1.41. The van der Waals surface area contributed by atoms with E-state index in [1.165, 1.54) is 28.9 Å². The van der Waals surface area contributed by atoms with Crippen LogP contribution < -0.4 is 44.2 Å². The lowest BCUT2D eigenvalue weighted by atomic mass is 10.0. The Morgan fingerprint density at radius 3 is 1.86 bits per heavy atom. The van der Waals surface area contributed by atoms with Gasteiger partial charge < -0.3 is 64.2 Å². The highest BCUT2D eigenvalue weighted by atomic mass is 16.4. The lowest BCUT2D eigenvalue weighted by Crippen LogP contribution is -2.59. The fraction of sp³-hybridized carbons (Fsp3) is 0.605. The molecule has 21 heteroatoms. The van der Waals surface area contributed by atoms with E-state index in [0.717, 1.165) is 0 Å². The maximum Gasteiger partial charge on any atom is 0.326 e. The lowest BCUT2D eigenvalue weighted by Gasteiger charge is -2.31. The molecule has 0 spiro atoms. The Kier molecular flexibility index (Phi) is 17.9. The summed E-state index contributed by atoms with van der Waals surface area (Å²) in [6.07, 6.45) is 0.980. The predicted octanol–water partition coefficient (Wildman–Crippen LogP) is -2.74. The van der Waals surface area contributed by atoms with Crippen LogP contribution in [0, 0.1) is 5.92 Å². The van der Waals surface area contributed by atoms with Crippen molar-refractivity contribution in [3.63, 3.8) is 0 Å².